The average molecular weight is 169 g/mol. The number of ketones is 1. The quantitative estimate of drug-likeness (QED) is 0.678. The van der Waals surface area contributed by atoms with Crippen LogP contribution in [0.2, 0.25) is 0 Å². The maximum absolute atomic E-state index is 11.6. The molecule has 0 aromatic heterocycles. The molecule has 0 amide bonds. The summed E-state index contributed by atoms with van der Waals surface area (Å²) in [5.74, 6) is 1.55. The molecule has 12 heavy (non-hydrogen) atoms. The molecule has 0 radical (unpaired) electrons. The fourth-order valence-electron chi connectivity index (χ4n) is 1.84. The van der Waals surface area contributed by atoms with Gasteiger partial charge < -0.3 is 5.32 Å². The van der Waals surface area contributed by atoms with Gasteiger partial charge in [0.25, 0.3) is 0 Å². The van der Waals surface area contributed by atoms with Crippen LogP contribution < -0.4 is 5.32 Å². The molecule has 1 rings (SSSR count). The molecule has 0 aliphatic carbocycles. The fraction of sp³-hybridized carbons (Fsp3) is 0.900. The highest BCUT2D eigenvalue weighted by Crippen LogP contribution is 2.19. The Morgan fingerprint density at radius 1 is 1.42 bits per heavy atom. The van der Waals surface area contributed by atoms with Crippen molar-refractivity contribution in [3.8, 4) is 0 Å². The Morgan fingerprint density at radius 2 is 2.08 bits per heavy atom. The lowest BCUT2D eigenvalue weighted by Crippen LogP contribution is -2.40. The second kappa shape index (κ2) is 4.04. The van der Waals surface area contributed by atoms with E-state index in [1.54, 1.807) is 0 Å². The summed E-state index contributed by atoms with van der Waals surface area (Å²) in [4.78, 5) is 11.6. The van der Waals surface area contributed by atoms with Crippen molar-refractivity contribution in [1.82, 2.24) is 5.32 Å². The van der Waals surface area contributed by atoms with Crippen LogP contribution in [0, 0.1) is 17.8 Å². The van der Waals surface area contributed by atoms with Gasteiger partial charge in [-0.25, -0.2) is 0 Å². The number of carbonyl (C=O) groups is 1. The minimum absolute atomic E-state index is 0.196. The molecule has 0 aromatic rings. The lowest BCUT2D eigenvalue weighted by molar-refractivity contribution is -0.126. The number of piperidine rings is 1. The summed E-state index contributed by atoms with van der Waals surface area (Å²) >= 11 is 0. The monoisotopic (exact) mass is 169 g/mol. The summed E-state index contributed by atoms with van der Waals surface area (Å²) in [5.41, 5.74) is 0. The predicted octanol–water partition coefficient (Wildman–Crippen LogP) is 1.46. The number of nitrogens with one attached hydrogen (secondary N) is 1. The van der Waals surface area contributed by atoms with Crippen LogP contribution >= 0.6 is 0 Å². The van der Waals surface area contributed by atoms with Gasteiger partial charge in [0.2, 0.25) is 0 Å². The first kappa shape index (κ1) is 9.72. The van der Waals surface area contributed by atoms with E-state index in [1.807, 2.05) is 13.8 Å². The molecule has 1 N–H and O–H groups in total. The Balaban J connectivity index is 2.46. The maximum atomic E-state index is 11.6. The van der Waals surface area contributed by atoms with Crippen LogP contribution in [0.3, 0.4) is 0 Å². The van der Waals surface area contributed by atoms with Crippen molar-refractivity contribution in [2.24, 2.45) is 17.8 Å². The largest absolute Gasteiger partial charge is 0.316 e. The number of carbonyl (C=O) groups excluding carboxylic acids is 1. The van der Waals surface area contributed by atoms with Crippen molar-refractivity contribution in [1.29, 1.82) is 0 Å². The SMILES string of the molecule is CC1CNCC(C(=O)C(C)C)C1. The second-order valence-corrected chi connectivity index (χ2v) is 4.25. The van der Waals surface area contributed by atoms with Crippen LogP contribution in [-0.2, 0) is 4.79 Å². The van der Waals surface area contributed by atoms with Crippen molar-refractivity contribution in [2.45, 2.75) is 27.2 Å². The number of rotatable bonds is 2. The van der Waals surface area contributed by atoms with Gasteiger partial charge in [-0.2, -0.15) is 0 Å². The third-order valence-corrected chi connectivity index (χ3v) is 2.54. The Morgan fingerprint density at radius 3 is 2.58 bits per heavy atom. The van der Waals surface area contributed by atoms with Crippen molar-refractivity contribution in [2.75, 3.05) is 13.1 Å². The van der Waals surface area contributed by atoms with Crippen molar-refractivity contribution in [3.05, 3.63) is 0 Å². The van der Waals surface area contributed by atoms with Gasteiger partial charge in [-0.1, -0.05) is 20.8 Å². The van der Waals surface area contributed by atoms with Crippen LogP contribution in [0.1, 0.15) is 27.2 Å². The Hall–Kier alpha value is -0.370. The molecule has 1 heterocycles. The van der Waals surface area contributed by atoms with E-state index in [0.29, 0.717) is 11.7 Å². The van der Waals surface area contributed by atoms with Gasteiger partial charge in [0.05, 0.1) is 0 Å². The van der Waals surface area contributed by atoms with E-state index in [0.717, 1.165) is 19.5 Å². The Bertz CT molecular complexity index is 165. The van der Waals surface area contributed by atoms with Crippen LogP contribution in [0.25, 0.3) is 0 Å². The molecule has 1 aliphatic heterocycles. The third-order valence-electron chi connectivity index (χ3n) is 2.54. The summed E-state index contributed by atoms with van der Waals surface area (Å²) in [7, 11) is 0. The second-order valence-electron chi connectivity index (χ2n) is 4.25. The van der Waals surface area contributed by atoms with Gasteiger partial charge in [0.1, 0.15) is 5.78 Å². The fourth-order valence-corrected chi connectivity index (χ4v) is 1.84. The number of hydrogen-bond donors (Lipinski definition) is 1. The molecule has 2 unspecified atom stereocenters. The molecule has 70 valence electrons. The van der Waals surface area contributed by atoms with Crippen LogP contribution in [0.4, 0.5) is 0 Å². The average Bonchev–Trinajstić information content (AvgIpc) is 2.03. The van der Waals surface area contributed by atoms with E-state index in [4.69, 9.17) is 0 Å². The van der Waals surface area contributed by atoms with Crippen LogP contribution in [-0.4, -0.2) is 18.9 Å². The standard InChI is InChI=1S/C10H19NO/c1-7(2)10(12)9-4-8(3)5-11-6-9/h7-9,11H,4-6H2,1-3H3. The molecule has 0 saturated carbocycles. The highest BCUT2D eigenvalue weighted by atomic mass is 16.1. The molecule has 1 aliphatic rings. The van der Waals surface area contributed by atoms with E-state index in [1.165, 1.54) is 0 Å². The summed E-state index contributed by atoms with van der Waals surface area (Å²) in [6.45, 7) is 8.14. The van der Waals surface area contributed by atoms with E-state index in [-0.39, 0.29) is 11.8 Å². The van der Waals surface area contributed by atoms with E-state index in [9.17, 15) is 4.79 Å². The zero-order valence-electron chi connectivity index (χ0n) is 8.26. The zero-order valence-corrected chi connectivity index (χ0v) is 8.26. The minimum Gasteiger partial charge on any atom is -0.316 e. The van der Waals surface area contributed by atoms with Crippen molar-refractivity contribution < 1.29 is 4.79 Å². The maximum Gasteiger partial charge on any atom is 0.139 e. The van der Waals surface area contributed by atoms with E-state index >= 15 is 0 Å². The molecule has 2 heteroatoms. The molecule has 2 atom stereocenters. The third kappa shape index (κ3) is 2.31. The Labute approximate surface area is 74.7 Å². The Kier molecular flexibility index (Phi) is 3.27. The topological polar surface area (TPSA) is 29.1 Å². The molecular formula is C10H19NO. The number of Topliss-reactive ketones (excluding diaryl/α,β-unsaturated/α-hetero) is 1. The zero-order chi connectivity index (χ0) is 9.14. The summed E-state index contributed by atoms with van der Waals surface area (Å²) in [6, 6.07) is 0. The van der Waals surface area contributed by atoms with Gasteiger partial charge in [-0.15, -0.1) is 0 Å². The molecule has 0 bridgehead atoms. The molecule has 1 saturated heterocycles. The van der Waals surface area contributed by atoms with Gasteiger partial charge in [0.15, 0.2) is 0 Å². The lowest BCUT2D eigenvalue weighted by Gasteiger charge is -2.27. The van der Waals surface area contributed by atoms with Gasteiger partial charge >= 0.3 is 0 Å². The highest BCUT2D eigenvalue weighted by Gasteiger charge is 2.25. The predicted molar refractivity (Wildman–Crippen MR) is 50.0 cm³/mol. The van der Waals surface area contributed by atoms with Gasteiger partial charge in [-0.3, -0.25) is 4.79 Å². The number of hydrogen-bond acceptors (Lipinski definition) is 2. The molecular weight excluding hydrogens is 150 g/mol. The highest BCUT2D eigenvalue weighted by molar-refractivity contribution is 5.83. The van der Waals surface area contributed by atoms with Crippen molar-refractivity contribution >= 4 is 5.78 Å². The summed E-state index contributed by atoms with van der Waals surface area (Å²) < 4.78 is 0. The summed E-state index contributed by atoms with van der Waals surface area (Å²) in [6.07, 6.45) is 1.07. The smallest absolute Gasteiger partial charge is 0.139 e. The summed E-state index contributed by atoms with van der Waals surface area (Å²) in [5, 5.41) is 3.30. The van der Waals surface area contributed by atoms with Crippen LogP contribution in [0.15, 0.2) is 0 Å². The van der Waals surface area contributed by atoms with Gasteiger partial charge in [-0.05, 0) is 18.9 Å². The van der Waals surface area contributed by atoms with Gasteiger partial charge in [0, 0.05) is 18.4 Å². The molecule has 0 spiro atoms. The first-order chi connectivity index (χ1) is 5.61. The van der Waals surface area contributed by atoms with Crippen LogP contribution in [0.5, 0.6) is 0 Å². The minimum atomic E-state index is 0.196. The molecule has 1 fully saturated rings. The van der Waals surface area contributed by atoms with E-state index in [2.05, 4.69) is 12.2 Å². The first-order valence-electron chi connectivity index (χ1n) is 4.85. The molecule has 2 nitrogen and oxygen atoms in total. The first-order valence-corrected chi connectivity index (χ1v) is 4.85. The lowest BCUT2D eigenvalue weighted by atomic mass is 9.85. The molecule has 0 aromatic carbocycles. The van der Waals surface area contributed by atoms with Crippen molar-refractivity contribution in [3.63, 3.8) is 0 Å². The normalized spacial score (nSPS) is 30.7. The van der Waals surface area contributed by atoms with E-state index < -0.39 is 0 Å².